The quantitative estimate of drug-likeness (QED) is 0.682. The molecule has 8 heteroatoms. The van der Waals surface area contributed by atoms with E-state index in [0.717, 1.165) is 5.56 Å². The van der Waals surface area contributed by atoms with Crippen LogP contribution < -0.4 is 5.32 Å². The van der Waals surface area contributed by atoms with Crippen molar-refractivity contribution >= 4 is 29.1 Å². The number of oxazole rings is 1. The number of amides is 2. The maximum Gasteiger partial charge on any atom is 0.278 e. The van der Waals surface area contributed by atoms with Gasteiger partial charge < -0.3 is 19.4 Å². The Morgan fingerprint density at radius 3 is 2.67 bits per heavy atom. The summed E-state index contributed by atoms with van der Waals surface area (Å²) in [6.45, 7) is 3.86. The second-order valence-corrected chi connectivity index (χ2v) is 7.25. The molecule has 0 unspecified atom stereocenters. The van der Waals surface area contributed by atoms with Crippen molar-refractivity contribution in [2.75, 3.05) is 31.6 Å². The van der Waals surface area contributed by atoms with Gasteiger partial charge in [0.2, 0.25) is 0 Å². The third kappa shape index (κ3) is 3.94. The number of carbonyl (C=O) groups is 2. The zero-order valence-corrected chi connectivity index (χ0v) is 17.1. The lowest BCUT2D eigenvalue weighted by Gasteiger charge is -2.27. The molecule has 0 aliphatic carbocycles. The van der Waals surface area contributed by atoms with Gasteiger partial charge in [-0.05, 0) is 30.7 Å². The number of rotatable bonds is 4. The number of morpholine rings is 1. The lowest BCUT2D eigenvalue weighted by Crippen LogP contribution is -2.40. The number of aromatic nitrogens is 1. The van der Waals surface area contributed by atoms with Crippen molar-refractivity contribution in [3.8, 4) is 11.3 Å². The molecule has 1 aliphatic rings. The zero-order chi connectivity index (χ0) is 21.1. The molecule has 2 aromatic carbocycles. The molecule has 0 radical (unpaired) electrons. The van der Waals surface area contributed by atoms with E-state index in [1.165, 1.54) is 6.39 Å². The number of nitrogens with one attached hydrogen (secondary N) is 1. The molecule has 0 atom stereocenters. The summed E-state index contributed by atoms with van der Waals surface area (Å²) in [5.41, 5.74) is 2.39. The van der Waals surface area contributed by atoms with Gasteiger partial charge in [-0.2, -0.15) is 0 Å². The number of halogens is 1. The van der Waals surface area contributed by atoms with Crippen LogP contribution in [0, 0.1) is 6.92 Å². The van der Waals surface area contributed by atoms with Gasteiger partial charge in [0, 0.05) is 29.4 Å². The SMILES string of the molecule is Cc1c(Cl)cccc1NC(=O)c1ncoc1-c1ccccc1C(=O)N1CCOCC1. The molecule has 0 bridgehead atoms. The summed E-state index contributed by atoms with van der Waals surface area (Å²) in [4.78, 5) is 31.8. The normalized spacial score (nSPS) is 13.9. The van der Waals surface area contributed by atoms with Crippen LogP contribution in [0.25, 0.3) is 11.3 Å². The van der Waals surface area contributed by atoms with Gasteiger partial charge >= 0.3 is 0 Å². The second kappa shape index (κ2) is 8.69. The van der Waals surface area contributed by atoms with Gasteiger partial charge in [-0.3, -0.25) is 9.59 Å². The lowest BCUT2D eigenvalue weighted by molar-refractivity contribution is 0.0303. The third-order valence-electron chi connectivity index (χ3n) is 5.00. The van der Waals surface area contributed by atoms with Crippen molar-refractivity contribution < 1.29 is 18.7 Å². The zero-order valence-electron chi connectivity index (χ0n) is 16.4. The van der Waals surface area contributed by atoms with E-state index in [1.54, 1.807) is 47.4 Å². The minimum Gasteiger partial charge on any atom is -0.443 e. The Morgan fingerprint density at radius 2 is 1.87 bits per heavy atom. The number of hydrogen-bond donors (Lipinski definition) is 1. The lowest BCUT2D eigenvalue weighted by atomic mass is 10.0. The predicted molar refractivity (Wildman–Crippen MR) is 113 cm³/mol. The van der Waals surface area contributed by atoms with Crippen LogP contribution in [0.2, 0.25) is 5.02 Å². The molecule has 2 heterocycles. The average molecular weight is 426 g/mol. The molecule has 7 nitrogen and oxygen atoms in total. The Labute approximate surface area is 178 Å². The highest BCUT2D eigenvalue weighted by molar-refractivity contribution is 6.31. The van der Waals surface area contributed by atoms with Crippen LogP contribution in [-0.2, 0) is 4.74 Å². The molecule has 4 rings (SSSR count). The summed E-state index contributed by atoms with van der Waals surface area (Å²) in [5, 5.41) is 3.37. The molecule has 1 aromatic heterocycles. The standard InChI is InChI=1S/C22H20ClN3O4/c1-14-17(23)7-4-8-18(14)25-21(27)19-20(30-13-24-19)15-5-2-3-6-16(15)22(28)26-9-11-29-12-10-26/h2-8,13H,9-12H2,1H3,(H,25,27). The summed E-state index contributed by atoms with van der Waals surface area (Å²) in [7, 11) is 0. The first-order valence-corrected chi connectivity index (χ1v) is 9.90. The molecule has 154 valence electrons. The smallest absolute Gasteiger partial charge is 0.278 e. The molecule has 3 aromatic rings. The molecule has 0 spiro atoms. The first kappa shape index (κ1) is 20.1. The number of ether oxygens (including phenoxy) is 1. The molecule has 0 saturated carbocycles. The molecule has 1 N–H and O–H groups in total. The van der Waals surface area contributed by atoms with Crippen LogP contribution in [0.15, 0.2) is 53.3 Å². The number of nitrogens with zero attached hydrogens (tertiary/aromatic N) is 2. The van der Waals surface area contributed by atoms with Crippen LogP contribution in [0.1, 0.15) is 26.4 Å². The van der Waals surface area contributed by atoms with Gasteiger partial charge in [0.05, 0.1) is 18.8 Å². The monoisotopic (exact) mass is 425 g/mol. The number of hydrogen-bond acceptors (Lipinski definition) is 5. The number of carbonyl (C=O) groups excluding carboxylic acids is 2. The van der Waals surface area contributed by atoms with Crippen molar-refractivity contribution in [1.82, 2.24) is 9.88 Å². The Bertz CT molecular complexity index is 1090. The predicted octanol–water partition coefficient (Wildman–Crippen LogP) is 4.03. The van der Waals surface area contributed by atoms with E-state index in [1.807, 2.05) is 6.92 Å². The van der Waals surface area contributed by atoms with Crippen LogP contribution in [0.4, 0.5) is 5.69 Å². The molecule has 30 heavy (non-hydrogen) atoms. The van der Waals surface area contributed by atoms with Gasteiger partial charge in [-0.1, -0.05) is 35.9 Å². The van der Waals surface area contributed by atoms with Gasteiger partial charge in [0.1, 0.15) is 0 Å². The Balaban J connectivity index is 1.66. The summed E-state index contributed by atoms with van der Waals surface area (Å²) >= 11 is 6.14. The molecular weight excluding hydrogens is 406 g/mol. The maximum absolute atomic E-state index is 13.1. The summed E-state index contributed by atoms with van der Waals surface area (Å²) in [6.07, 6.45) is 1.20. The Morgan fingerprint density at radius 1 is 1.10 bits per heavy atom. The maximum atomic E-state index is 13.1. The van der Waals surface area contributed by atoms with Crippen LogP contribution in [0.5, 0.6) is 0 Å². The van der Waals surface area contributed by atoms with Crippen LogP contribution >= 0.6 is 11.6 Å². The number of benzene rings is 2. The third-order valence-corrected chi connectivity index (χ3v) is 5.41. The van der Waals surface area contributed by atoms with E-state index in [9.17, 15) is 9.59 Å². The van der Waals surface area contributed by atoms with Gasteiger partial charge in [-0.25, -0.2) is 4.98 Å². The van der Waals surface area contributed by atoms with Crippen molar-refractivity contribution in [3.63, 3.8) is 0 Å². The fourth-order valence-electron chi connectivity index (χ4n) is 3.33. The average Bonchev–Trinajstić information content (AvgIpc) is 3.27. The van der Waals surface area contributed by atoms with E-state index < -0.39 is 5.91 Å². The topological polar surface area (TPSA) is 84.7 Å². The highest BCUT2D eigenvalue weighted by atomic mass is 35.5. The van der Waals surface area contributed by atoms with E-state index in [0.29, 0.717) is 48.1 Å². The van der Waals surface area contributed by atoms with E-state index in [2.05, 4.69) is 10.3 Å². The Hall–Kier alpha value is -3.16. The first-order chi connectivity index (χ1) is 14.6. The molecule has 1 fully saturated rings. The summed E-state index contributed by atoms with van der Waals surface area (Å²) < 4.78 is 10.9. The highest BCUT2D eigenvalue weighted by Gasteiger charge is 2.26. The first-order valence-electron chi connectivity index (χ1n) is 9.52. The molecule has 1 aliphatic heterocycles. The minimum absolute atomic E-state index is 0.0941. The fourth-order valence-corrected chi connectivity index (χ4v) is 3.50. The van der Waals surface area contributed by atoms with E-state index in [4.69, 9.17) is 20.8 Å². The van der Waals surface area contributed by atoms with Gasteiger partial charge in [0.25, 0.3) is 11.8 Å². The van der Waals surface area contributed by atoms with Crippen LogP contribution in [0.3, 0.4) is 0 Å². The van der Waals surface area contributed by atoms with Crippen LogP contribution in [-0.4, -0.2) is 48.0 Å². The molecule has 2 amide bonds. The van der Waals surface area contributed by atoms with Crippen molar-refractivity contribution in [1.29, 1.82) is 0 Å². The largest absolute Gasteiger partial charge is 0.443 e. The molecule has 1 saturated heterocycles. The van der Waals surface area contributed by atoms with E-state index >= 15 is 0 Å². The number of anilines is 1. The second-order valence-electron chi connectivity index (χ2n) is 6.85. The fraction of sp³-hybridized carbons (Fsp3) is 0.227. The van der Waals surface area contributed by atoms with Crippen molar-refractivity contribution in [2.45, 2.75) is 6.92 Å². The van der Waals surface area contributed by atoms with Gasteiger partial charge in [0.15, 0.2) is 17.8 Å². The summed E-state index contributed by atoms with van der Waals surface area (Å²) in [6, 6.07) is 12.3. The van der Waals surface area contributed by atoms with Gasteiger partial charge in [-0.15, -0.1) is 0 Å². The Kier molecular flexibility index (Phi) is 5.83. The van der Waals surface area contributed by atoms with Crippen molar-refractivity contribution in [3.05, 3.63) is 70.7 Å². The molecular formula is C22H20ClN3O4. The minimum atomic E-state index is -0.447. The van der Waals surface area contributed by atoms with E-state index in [-0.39, 0.29) is 17.4 Å². The summed E-state index contributed by atoms with van der Waals surface area (Å²) in [5.74, 6) is -0.343. The highest BCUT2D eigenvalue weighted by Crippen LogP contribution is 2.29. The van der Waals surface area contributed by atoms with Crippen molar-refractivity contribution in [2.24, 2.45) is 0 Å².